The predicted molar refractivity (Wildman–Crippen MR) is 146 cm³/mol. The highest BCUT2D eigenvalue weighted by molar-refractivity contribution is 7.92. The minimum atomic E-state index is -4.11. The standard InChI is InChI=1S/C25H33ClN4O7S/c1-6-21(25(32)27-14-17(2)3)28(15-18-7-9-19(26)10-8-18)24(31)16-29(38(5,35)36)22-13-20(30(33)34)11-12-23(22)37-4/h7-13,17,21H,6,14-16H2,1-5H3,(H,27,32). The van der Waals surface area contributed by atoms with Crippen molar-refractivity contribution in [3.63, 3.8) is 0 Å². The van der Waals surface area contributed by atoms with E-state index in [1.165, 1.54) is 24.1 Å². The summed E-state index contributed by atoms with van der Waals surface area (Å²) in [6.07, 6.45) is 1.15. The van der Waals surface area contributed by atoms with Gasteiger partial charge in [0, 0.05) is 30.2 Å². The Morgan fingerprint density at radius 3 is 2.29 bits per heavy atom. The lowest BCUT2D eigenvalue weighted by Gasteiger charge is -2.33. The van der Waals surface area contributed by atoms with E-state index in [0.717, 1.165) is 16.6 Å². The largest absolute Gasteiger partial charge is 0.495 e. The van der Waals surface area contributed by atoms with E-state index in [4.69, 9.17) is 16.3 Å². The van der Waals surface area contributed by atoms with Gasteiger partial charge in [0.2, 0.25) is 21.8 Å². The molecule has 13 heteroatoms. The number of hydrogen-bond acceptors (Lipinski definition) is 7. The van der Waals surface area contributed by atoms with Gasteiger partial charge in [-0.3, -0.25) is 24.0 Å². The molecular formula is C25H33ClN4O7S. The van der Waals surface area contributed by atoms with E-state index >= 15 is 0 Å². The van der Waals surface area contributed by atoms with Crippen molar-refractivity contribution in [3.05, 3.63) is 63.2 Å². The zero-order chi connectivity index (χ0) is 28.6. The van der Waals surface area contributed by atoms with Crippen LogP contribution in [-0.4, -0.2) is 62.6 Å². The summed E-state index contributed by atoms with van der Waals surface area (Å²) in [7, 11) is -2.83. The molecule has 2 aromatic rings. The van der Waals surface area contributed by atoms with Crippen LogP contribution in [0.4, 0.5) is 11.4 Å². The molecule has 1 N–H and O–H groups in total. The molecular weight excluding hydrogens is 536 g/mol. The molecule has 0 saturated carbocycles. The lowest BCUT2D eigenvalue weighted by Crippen LogP contribution is -2.52. The molecule has 208 valence electrons. The molecule has 0 fully saturated rings. The molecule has 38 heavy (non-hydrogen) atoms. The van der Waals surface area contributed by atoms with E-state index in [1.807, 2.05) is 13.8 Å². The monoisotopic (exact) mass is 568 g/mol. The minimum Gasteiger partial charge on any atom is -0.495 e. The molecule has 0 aromatic heterocycles. The summed E-state index contributed by atoms with van der Waals surface area (Å²) in [5.74, 6) is -0.841. The highest BCUT2D eigenvalue weighted by Gasteiger charge is 2.33. The molecule has 0 aliphatic carbocycles. The molecule has 0 aliphatic rings. The number of hydrogen-bond donors (Lipinski definition) is 1. The van der Waals surface area contributed by atoms with Crippen LogP contribution in [0.15, 0.2) is 42.5 Å². The third-order valence-electron chi connectivity index (χ3n) is 5.66. The van der Waals surface area contributed by atoms with Gasteiger partial charge in [-0.25, -0.2) is 8.42 Å². The fraction of sp³-hybridized carbons (Fsp3) is 0.440. The number of anilines is 1. The number of nitro groups is 1. The average Bonchev–Trinajstić information content (AvgIpc) is 2.85. The van der Waals surface area contributed by atoms with Gasteiger partial charge in [-0.2, -0.15) is 0 Å². The van der Waals surface area contributed by atoms with Crippen LogP contribution in [0.2, 0.25) is 5.02 Å². The maximum Gasteiger partial charge on any atom is 0.271 e. The van der Waals surface area contributed by atoms with Crippen LogP contribution in [0.1, 0.15) is 32.8 Å². The molecule has 1 unspecified atom stereocenters. The second kappa shape index (κ2) is 13.4. The second-order valence-electron chi connectivity index (χ2n) is 9.09. The number of non-ortho nitro benzene ring substituents is 1. The van der Waals surface area contributed by atoms with Gasteiger partial charge in [0.25, 0.3) is 5.69 Å². The summed E-state index contributed by atoms with van der Waals surface area (Å²) in [5.41, 5.74) is 0.136. The zero-order valence-corrected chi connectivity index (χ0v) is 23.6. The van der Waals surface area contributed by atoms with Crippen LogP contribution in [0, 0.1) is 16.0 Å². The predicted octanol–water partition coefficient (Wildman–Crippen LogP) is 3.60. The van der Waals surface area contributed by atoms with E-state index < -0.39 is 33.4 Å². The molecule has 1 atom stereocenters. The first-order chi connectivity index (χ1) is 17.8. The topological polar surface area (TPSA) is 139 Å². The van der Waals surface area contributed by atoms with Crippen molar-refractivity contribution >= 4 is 44.8 Å². The number of carbonyl (C=O) groups is 2. The Labute approximate surface area is 227 Å². The minimum absolute atomic E-state index is 0.00722. The molecule has 2 rings (SSSR count). The fourth-order valence-electron chi connectivity index (χ4n) is 3.71. The number of rotatable bonds is 13. The Morgan fingerprint density at radius 2 is 1.79 bits per heavy atom. The highest BCUT2D eigenvalue weighted by atomic mass is 35.5. The van der Waals surface area contributed by atoms with E-state index in [2.05, 4.69) is 5.32 Å². The van der Waals surface area contributed by atoms with Crippen molar-refractivity contribution in [2.45, 2.75) is 39.8 Å². The van der Waals surface area contributed by atoms with Crippen molar-refractivity contribution in [2.75, 3.05) is 30.8 Å². The first-order valence-electron chi connectivity index (χ1n) is 11.9. The van der Waals surface area contributed by atoms with Gasteiger partial charge in [0.05, 0.1) is 18.3 Å². The molecule has 2 aromatic carbocycles. The van der Waals surface area contributed by atoms with Gasteiger partial charge in [-0.15, -0.1) is 0 Å². The third-order valence-corrected chi connectivity index (χ3v) is 7.04. The summed E-state index contributed by atoms with van der Waals surface area (Å²) >= 11 is 5.99. The van der Waals surface area contributed by atoms with Crippen molar-refractivity contribution in [1.29, 1.82) is 0 Å². The van der Waals surface area contributed by atoms with Gasteiger partial charge in [-0.1, -0.05) is 44.5 Å². The molecule has 0 aliphatic heterocycles. The summed E-state index contributed by atoms with van der Waals surface area (Å²) < 4.78 is 31.6. The fourth-order valence-corrected chi connectivity index (χ4v) is 4.68. The first-order valence-corrected chi connectivity index (χ1v) is 14.1. The molecule has 0 heterocycles. The van der Waals surface area contributed by atoms with Gasteiger partial charge in [0.15, 0.2) is 0 Å². The average molecular weight is 569 g/mol. The molecule has 2 amide bonds. The normalized spacial score (nSPS) is 12.1. The summed E-state index contributed by atoms with van der Waals surface area (Å²) in [5, 5.41) is 14.7. The highest BCUT2D eigenvalue weighted by Crippen LogP contribution is 2.34. The number of ether oxygens (including phenoxy) is 1. The Kier molecular flexibility index (Phi) is 10.9. The summed E-state index contributed by atoms with van der Waals surface area (Å²) in [6, 6.07) is 9.28. The van der Waals surface area contributed by atoms with Crippen LogP contribution in [0.5, 0.6) is 5.75 Å². The number of carbonyl (C=O) groups excluding carboxylic acids is 2. The maximum absolute atomic E-state index is 13.7. The Morgan fingerprint density at radius 1 is 1.16 bits per heavy atom. The Hall–Kier alpha value is -3.38. The van der Waals surface area contributed by atoms with Gasteiger partial charge in [-0.05, 0) is 36.1 Å². The number of nitrogens with zero attached hydrogens (tertiary/aromatic N) is 3. The quantitative estimate of drug-likeness (QED) is 0.287. The number of amides is 2. The van der Waals surface area contributed by atoms with Gasteiger partial charge in [0.1, 0.15) is 24.0 Å². The van der Waals surface area contributed by atoms with Crippen molar-refractivity contribution in [3.8, 4) is 5.75 Å². The number of nitrogens with one attached hydrogen (secondary N) is 1. The van der Waals surface area contributed by atoms with E-state index in [1.54, 1.807) is 31.2 Å². The van der Waals surface area contributed by atoms with E-state index in [9.17, 15) is 28.1 Å². The molecule has 0 saturated heterocycles. The van der Waals surface area contributed by atoms with Crippen molar-refractivity contribution < 1.29 is 27.7 Å². The maximum atomic E-state index is 13.7. The second-order valence-corrected chi connectivity index (χ2v) is 11.4. The molecule has 0 radical (unpaired) electrons. The van der Waals surface area contributed by atoms with Crippen LogP contribution in [0.3, 0.4) is 0 Å². The van der Waals surface area contributed by atoms with Gasteiger partial charge >= 0.3 is 0 Å². The number of methoxy groups -OCH3 is 1. The van der Waals surface area contributed by atoms with Crippen LogP contribution >= 0.6 is 11.6 Å². The lowest BCUT2D eigenvalue weighted by molar-refractivity contribution is -0.384. The van der Waals surface area contributed by atoms with Gasteiger partial charge < -0.3 is 15.0 Å². The molecule has 0 bridgehead atoms. The Bertz CT molecular complexity index is 1250. The summed E-state index contributed by atoms with van der Waals surface area (Å²) in [4.78, 5) is 38.8. The molecule has 11 nitrogen and oxygen atoms in total. The first kappa shape index (κ1) is 30.8. The van der Waals surface area contributed by atoms with Crippen LogP contribution in [0.25, 0.3) is 0 Å². The number of nitro benzene ring substituents is 1. The molecule has 0 spiro atoms. The summed E-state index contributed by atoms with van der Waals surface area (Å²) in [6.45, 7) is 5.33. The van der Waals surface area contributed by atoms with Crippen LogP contribution in [-0.2, 0) is 26.2 Å². The number of halogens is 1. The third kappa shape index (κ3) is 8.32. The van der Waals surface area contributed by atoms with Crippen LogP contribution < -0.4 is 14.4 Å². The van der Waals surface area contributed by atoms with Crippen molar-refractivity contribution in [1.82, 2.24) is 10.2 Å². The lowest BCUT2D eigenvalue weighted by atomic mass is 10.1. The smallest absolute Gasteiger partial charge is 0.271 e. The van der Waals surface area contributed by atoms with E-state index in [-0.39, 0.29) is 41.9 Å². The van der Waals surface area contributed by atoms with Crippen molar-refractivity contribution in [2.24, 2.45) is 5.92 Å². The SMILES string of the molecule is CCC(C(=O)NCC(C)C)N(Cc1ccc(Cl)cc1)C(=O)CN(c1cc([N+](=O)[O-])ccc1OC)S(C)(=O)=O. The number of sulfonamides is 1. The number of benzene rings is 2. The Balaban J connectivity index is 2.53. The van der Waals surface area contributed by atoms with E-state index in [0.29, 0.717) is 17.1 Å². The zero-order valence-electron chi connectivity index (χ0n) is 22.0.